The van der Waals surface area contributed by atoms with Crippen LogP contribution in [-0.4, -0.2) is 37.7 Å². The van der Waals surface area contributed by atoms with Gasteiger partial charge in [0.2, 0.25) is 0 Å². The molecule has 0 radical (unpaired) electrons. The van der Waals surface area contributed by atoms with Gasteiger partial charge in [0, 0.05) is 0 Å². The summed E-state index contributed by atoms with van der Waals surface area (Å²) < 4.78 is 37.0. The molecule has 1 unspecified atom stereocenters. The largest absolute Gasteiger partial charge is 0.481 e. The van der Waals surface area contributed by atoms with Crippen LogP contribution in [0.4, 0.5) is 13.2 Å². The highest BCUT2D eigenvalue weighted by Gasteiger charge is 2.42. The number of nitrogens with one attached hydrogen (secondary N) is 1. The van der Waals surface area contributed by atoms with Crippen molar-refractivity contribution in [2.24, 2.45) is 0 Å². The molecule has 9 heteroatoms. The number of aliphatic carboxylic acids is 1. The zero-order chi connectivity index (χ0) is 11.5. The predicted molar refractivity (Wildman–Crippen MR) is 44.3 cm³/mol. The fraction of sp³-hybridized carbons (Fsp3) is 0.500. The number of thioether (sulfide) groups is 1. The lowest BCUT2D eigenvalue weighted by Gasteiger charge is -2.16. The lowest BCUT2D eigenvalue weighted by molar-refractivity contribution is -0.149. The molecular weight excluding hydrogens is 235 g/mol. The van der Waals surface area contributed by atoms with Gasteiger partial charge >= 0.3 is 12.1 Å². The number of carboxylic acids is 1. The van der Waals surface area contributed by atoms with Crippen LogP contribution >= 0.6 is 11.8 Å². The first-order valence-electron chi connectivity index (χ1n) is 3.70. The molecule has 1 aromatic rings. The molecule has 0 fully saturated rings. The Labute approximate surface area is 86.1 Å². The Morgan fingerprint density at radius 2 is 2.33 bits per heavy atom. The zero-order valence-electron chi connectivity index (χ0n) is 7.15. The first-order valence-corrected chi connectivity index (χ1v) is 4.58. The Kier molecular flexibility index (Phi) is 3.56. The maximum Gasteiger partial charge on any atom is 0.401 e. The third-order valence-corrected chi connectivity index (χ3v) is 2.51. The first-order chi connectivity index (χ1) is 6.89. The van der Waals surface area contributed by atoms with Gasteiger partial charge in [0.25, 0.3) is 0 Å². The quantitative estimate of drug-likeness (QED) is 0.777. The van der Waals surface area contributed by atoms with Crippen LogP contribution in [-0.2, 0) is 4.79 Å². The number of aromatic nitrogens is 3. The number of carbonyl (C=O) groups is 1. The van der Waals surface area contributed by atoms with E-state index in [0.29, 0.717) is 11.8 Å². The summed E-state index contributed by atoms with van der Waals surface area (Å²) in [6.07, 6.45) is -4.54. The highest BCUT2D eigenvalue weighted by molar-refractivity contribution is 7.99. The second kappa shape index (κ2) is 4.51. The molecular formula is C6H6F3N3O2S. The fourth-order valence-electron chi connectivity index (χ4n) is 0.769. The zero-order valence-corrected chi connectivity index (χ0v) is 7.97. The van der Waals surface area contributed by atoms with E-state index in [1.54, 1.807) is 0 Å². The molecule has 2 N–H and O–H groups in total. The average molecular weight is 241 g/mol. The van der Waals surface area contributed by atoms with E-state index in [-0.39, 0.29) is 5.16 Å². The smallest absolute Gasteiger partial charge is 0.401 e. The Hall–Kier alpha value is -1.25. The molecule has 0 aliphatic carbocycles. The lowest BCUT2D eigenvalue weighted by atomic mass is 10.3. The third kappa shape index (κ3) is 3.78. The van der Waals surface area contributed by atoms with Crippen LogP contribution in [0.15, 0.2) is 11.5 Å². The first kappa shape index (κ1) is 11.8. The van der Waals surface area contributed by atoms with Crippen molar-refractivity contribution in [3.63, 3.8) is 0 Å². The summed E-state index contributed by atoms with van der Waals surface area (Å²) in [5, 5.41) is 11.8. The molecule has 5 nitrogen and oxygen atoms in total. The van der Waals surface area contributed by atoms with Gasteiger partial charge in [-0.1, -0.05) is 11.8 Å². The van der Waals surface area contributed by atoms with Crippen LogP contribution in [0.2, 0.25) is 0 Å². The third-order valence-electron chi connectivity index (χ3n) is 1.37. The van der Waals surface area contributed by atoms with E-state index in [4.69, 9.17) is 5.11 Å². The number of halogens is 3. The maximum atomic E-state index is 12.3. The SMILES string of the molecule is O=C(O)CC(Sc1ncn[nH]1)C(F)(F)F. The van der Waals surface area contributed by atoms with E-state index in [0.717, 1.165) is 6.33 Å². The number of hydrogen-bond acceptors (Lipinski definition) is 4. The van der Waals surface area contributed by atoms with Crippen molar-refractivity contribution in [3.05, 3.63) is 6.33 Å². The highest BCUT2D eigenvalue weighted by Crippen LogP contribution is 2.35. The fourth-order valence-corrected chi connectivity index (χ4v) is 1.61. The number of H-pyrrole nitrogens is 1. The van der Waals surface area contributed by atoms with Crippen LogP contribution in [0.5, 0.6) is 0 Å². The molecule has 0 spiro atoms. The van der Waals surface area contributed by atoms with E-state index in [2.05, 4.69) is 15.2 Å². The molecule has 0 aliphatic heterocycles. The highest BCUT2D eigenvalue weighted by atomic mass is 32.2. The summed E-state index contributed by atoms with van der Waals surface area (Å²) in [4.78, 5) is 13.7. The van der Waals surface area contributed by atoms with Gasteiger partial charge in [0.1, 0.15) is 11.6 Å². The topological polar surface area (TPSA) is 78.9 Å². The van der Waals surface area contributed by atoms with Crippen molar-refractivity contribution in [2.45, 2.75) is 23.0 Å². The van der Waals surface area contributed by atoms with Gasteiger partial charge in [0.05, 0.1) is 6.42 Å². The second-order valence-corrected chi connectivity index (χ2v) is 3.73. The molecule has 0 aromatic carbocycles. The lowest BCUT2D eigenvalue weighted by Crippen LogP contribution is -2.28. The van der Waals surface area contributed by atoms with E-state index in [1.165, 1.54) is 0 Å². The Morgan fingerprint density at radius 3 is 2.73 bits per heavy atom. The molecule has 1 heterocycles. The van der Waals surface area contributed by atoms with Crippen LogP contribution in [0.1, 0.15) is 6.42 Å². The Balaban J connectivity index is 2.69. The van der Waals surface area contributed by atoms with Gasteiger partial charge in [-0.15, -0.1) is 0 Å². The molecule has 0 amide bonds. The van der Waals surface area contributed by atoms with Crippen molar-refractivity contribution in [3.8, 4) is 0 Å². The molecule has 15 heavy (non-hydrogen) atoms. The summed E-state index contributed by atoms with van der Waals surface area (Å²) in [5.41, 5.74) is 0. The van der Waals surface area contributed by atoms with E-state index < -0.39 is 23.8 Å². The summed E-state index contributed by atoms with van der Waals surface area (Å²) in [7, 11) is 0. The number of alkyl halides is 3. The van der Waals surface area contributed by atoms with Gasteiger partial charge in [-0.2, -0.15) is 18.3 Å². The molecule has 1 rings (SSSR count). The van der Waals surface area contributed by atoms with Crippen molar-refractivity contribution >= 4 is 17.7 Å². The number of carboxylic acid groups (broad SMARTS) is 1. The summed E-state index contributed by atoms with van der Waals surface area (Å²) in [6.45, 7) is 0. The van der Waals surface area contributed by atoms with Gasteiger partial charge in [-0.3, -0.25) is 9.89 Å². The summed E-state index contributed by atoms with van der Waals surface area (Å²) >= 11 is 0.296. The van der Waals surface area contributed by atoms with Crippen molar-refractivity contribution in [1.82, 2.24) is 15.2 Å². The average Bonchev–Trinajstić information content (AvgIpc) is 2.53. The Morgan fingerprint density at radius 1 is 1.67 bits per heavy atom. The number of hydrogen-bond donors (Lipinski definition) is 2. The summed E-state index contributed by atoms with van der Waals surface area (Å²) in [6, 6.07) is 0. The standard InChI is InChI=1S/C6H6F3N3O2S/c7-6(8,9)3(1-4(13)14)15-5-10-2-11-12-5/h2-3H,1H2,(H,13,14)(H,10,11,12). The van der Waals surface area contributed by atoms with Gasteiger partial charge in [-0.05, 0) is 0 Å². The van der Waals surface area contributed by atoms with Crippen LogP contribution in [0.25, 0.3) is 0 Å². The Bertz CT molecular complexity index is 327. The van der Waals surface area contributed by atoms with E-state index in [9.17, 15) is 18.0 Å². The molecule has 0 bridgehead atoms. The monoisotopic (exact) mass is 241 g/mol. The normalized spacial score (nSPS) is 13.8. The molecule has 1 aromatic heterocycles. The molecule has 1 atom stereocenters. The van der Waals surface area contributed by atoms with Crippen molar-refractivity contribution < 1.29 is 23.1 Å². The minimum atomic E-state index is -4.59. The number of aromatic amines is 1. The minimum Gasteiger partial charge on any atom is -0.481 e. The van der Waals surface area contributed by atoms with Crippen LogP contribution in [0.3, 0.4) is 0 Å². The second-order valence-electron chi connectivity index (χ2n) is 2.54. The molecule has 84 valence electrons. The van der Waals surface area contributed by atoms with Crippen LogP contribution in [0, 0.1) is 0 Å². The van der Waals surface area contributed by atoms with Crippen LogP contribution < -0.4 is 0 Å². The summed E-state index contributed by atoms with van der Waals surface area (Å²) in [5.74, 6) is -1.51. The van der Waals surface area contributed by atoms with E-state index in [1.807, 2.05) is 0 Å². The molecule has 0 saturated heterocycles. The minimum absolute atomic E-state index is 0.0569. The molecule has 0 aliphatic rings. The van der Waals surface area contributed by atoms with E-state index >= 15 is 0 Å². The van der Waals surface area contributed by atoms with Gasteiger partial charge < -0.3 is 5.11 Å². The van der Waals surface area contributed by atoms with Crippen molar-refractivity contribution in [2.75, 3.05) is 0 Å². The number of rotatable bonds is 4. The molecule has 0 saturated carbocycles. The van der Waals surface area contributed by atoms with Gasteiger partial charge in [-0.25, -0.2) is 4.98 Å². The van der Waals surface area contributed by atoms with Crippen molar-refractivity contribution in [1.29, 1.82) is 0 Å². The number of nitrogens with zero attached hydrogens (tertiary/aromatic N) is 2. The maximum absolute atomic E-state index is 12.3. The van der Waals surface area contributed by atoms with Gasteiger partial charge in [0.15, 0.2) is 5.16 Å². The predicted octanol–water partition coefficient (Wildman–Crippen LogP) is 1.30.